The predicted octanol–water partition coefficient (Wildman–Crippen LogP) is 10.2. The average Bonchev–Trinajstić information content (AvgIpc) is 3.77. The van der Waals surface area contributed by atoms with E-state index in [0.29, 0.717) is 5.66 Å². The van der Waals surface area contributed by atoms with Crippen molar-refractivity contribution in [3.63, 3.8) is 0 Å². The summed E-state index contributed by atoms with van der Waals surface area (Å²) in [5, 5.41) is 7.04. The molecule has 0 aliphatic heterocycles. The van der Waals surface area contributed by atoms with Crippen LogP contribution in [0.25, 0.3) is 0 Å². The van der Waals surface area contributed by atoms with Gasteiger partial charge in [-0.2, -0.15) is 35.9 Å². The van der Waals surface area contributed by atoms with Crippen molar-refractivity contribution in [2.24, 2.45) is 0 Å². The molecule has 0 unspecified atom stereocenters. The van der Waals surface area contributed by atoms with Gasteiger partial charge in [0.2, 0.25) is 0 Å². The SMILES string of the molecule is COc1c(C)cc(P(c2cc(C)c(OC)c(C)c2)c2[cH-]ccc2[C@@H](C)P(c2cc(C)cc(C)c2)c2cc(C)cc(C)c2)cc1C.[Fe+2].c1cc[cH-]c1. The van der Waals surface area contributed by atoms with Gasteiger partial charge in [0.05, 0.1) is 14.2 Å². The number of aryl methyl sites for hydroxylation is 8. The van der Waals surface area contributed by atoms with Crippen LogP contribution in [0.1, 0.15) is 62.7 Å². The standard InChI is InChI=1S/C41H47O2P2.C5H5.Fe/c1-25-15-26(2)18-34(17-25)44(35-19-27(3)16-28(4)20-35)33(9)38-13-12-14-39(38)45(36-21-29(5)40(42-10)30(6)22-36)37-23-31(7)41(43-11)32(8)24-37;1-2-4-5-3-1;/h12-24,33H,1-11H3;1-5H;/q2*-1;+2/t33-;;/m1../s1. The Hall–Kier alpha value is -3.44. The molecule has 5 heteroatoms. The topological polar surface area (TPSA) is 18.5 Å². The van der Waals surface area contributed by atoms with Crippen molar-refractivity contribution in [2.75, 3.05) is 14.2 Å². The molecule has 6 aromatic rings. The van der Waals surface area contributed by atoms with Gasteiger partial charge in [0.15, 0.2) is 0 Å². The molecule has 0 bridgehead atoms. The Kier molecular flexibility index (Phi) is 14.1. The molecule has 0 N–H and O–H groups in total. The molecule has 6 rings (SSSR count). The summed E-state index contributed by atoms with van der Waals surface area (Å²) in [5.41, 5.74) is 11.8. The van der Waals surface area contributed by atoms with Crippen molar-refractivity contribution in [3.05, 3.63) is 159 Å². The van der Waals surface area contributed by atoms with Crippen LogP contribution in [0, 0.1) is 55.4 Å². The first-order chi connectivity index (χ1) is 23.9. The Morgan fingerprint density at radius 3 is 1.25 bits per heavy atom. The van der Waals surface area contributed by atoms with Crippen molar-refractivity contribution >= 4 is 42.4 Å². The fraction of sp³-hybridized carbons (Fsp3) is 0.261. The minimum absolute atomic E-state index is 0. The van der Waals surface area contributed by atoms with Gasteiger partial charge in [0, 0.05) is 0 Å². The molecule has 0 amide bonds. The molecular weight excluding hydrogens is 702 g/mol. The summed E-state index contributed by atoms with van der Waals surface area (Å²) in [6.07, 6.45) is 0. The van der Waals surface area contributed by atoms with E-state index in [9.17, 15) is 0 Å². The molecule has 2 nitrogen and oxygen atoms in total. The first-order valence-corrected chi connectivity index (χ1v) is 20.2. The van der Waals surface area contributed by atoms with Crippen LogP contribution in [-0.4, -0.2) is 14.2 Å². The molecule has 0 fully saturated rings. The van der Waals surface area contributed by atoms with Crippen LogP contribution in [0.4, 0.5) is 0 Å². The minimum Gasteiger partial charge on any atom is -0.496 e. The smallest absolute Gasteiger partial charge is 0.496 e. The van der Waals surface area contributed by atoms with Gasteiger partial charge >= 0.3 is 17.1 Å². The summed E-state index contributed by atoms with van der Waals surface area (Å²) in [4.78, 5) is 0. The quantitative estimate of drug-likeness (QED) is 0.0832. The Morgan fingerprint density at radius 1 is 0.529 bits per heavy atom. The number of benzene rings is 4. The van der Waals surface area contributed by atoms with E-state index in [1.54, 1.807) is 14.2 Å². The maximum Gasteiger partial charge on any atom is 2.00 e. The van der Waals surface area contributed by atoms with Crippen LogP contribution < -0.4 is 36.0 Å². The predicted molar refractivity (Wildman–Crippen MR) is 221 cm³/mol. The van der Waals surface area contributed by atoms with Gasteiger partial charge in [0.1, 0.15) is 11.5 Å². The number of hydrogen-bond donors (Lipinski definition) is 0. The normalized spacial score (nSPS) is 11.5. The van der Waals surface area contributed by atoms with Crippen molar-refractivity contribution in [2.45, 2.75) is 68.0 Å². The average molecular weight is 755 g/mol. The van der Waals surface area contributed by atoms with Crippen molar-refractivity contribution in [3.8, 4) is 11.5 Å². The monoisotopic (exact) mass is 754 g/mol. The molecule has 0 radical (unpaired) electrons. The number of hydrogen-bond acceptors (Lipinski definition) is 2. The van der Waals surface area contributed by atoms with E-state index in [4.69, 9.17) is 9.47 Å². The Balaban J connectivity index is 0.000000894. The van der Waals surface area contributed by atoms with Gasteiger partial charge in [0.25, 0.3) is 0 Å². The first kappa shape index (κ1) is 40.3. The summed E-state index contributed by atoms with van der Waals surface area (Å²) in [5.74, 6) is 1.94. The molecule has 0 saturated heterocycles. The second kappa shape index (κ2) is 17.9. The van der Waals surface area contributed by atoms with Gasteiger partial charge in [-0.25, -0.2) is 18.2 Å². The molecule has 0 spiro atoms. The number of rotatable bonds is 9. The summed E-state index contributed by atoms with van der Waals surface area (Å²) in [6, 6.07) is 40.7. The maximum atomic E-state index is 5.80. The van der Waals surface area contributed by atoms with Crippen LogP contribution in [-0.2, 0) is 17.1 Å². The summed E-state index contributed by atoms with van der Waals surface area (Å²) < 4.78 is 11.6. The zero-order valence-corrected chi connectivity index (χ0v) is 34.9. The van der Waals surface area contributed by atoms with E-state index < -0.39 is 15.8 Å². The van der Waals surface area contributed by atoms with Crippen LogP contribution in [0.5, 0.6) is 11.5 Å². The molecule has 51 heavy (non-hydrogen) atoms. The van der Waals surface area contributed by atoms with E-state index in [1.807, 2.05) is 30.3 Å². The Morgan fingerprint density at radius 2 is 0.922 bits per heavy atom. The largest absolute Gasteiger partial charge is 2.00 e. The Bertz CT molecular complexity index is 1840. The molecule has 0 heterocycles. The first-order valence-electron chi connectivity index (χ1n) is 17.4. The van der Waals surface area contributed by atoms with Gasteiger partial charge < -0.3 is 9.47 Å². The van der Waals surface area contributed by atoms with E-state index in [2.05, 4.69) is 141 Å². The van der Waals surface area contributed by atoms with E-state index in [0.717, 1.165) is 11.5 Å². The summed E-state index contributed by atoms with van der Waals surface area (Å²) >= 11 is 0. The minimum atomic E-state index is -0.850. The second-order valence-corrected chi connectivity index (χ2v) is 18.4. The van der Waals surface area contributed by atoms with Gasteiger partial charge in [-0.15, -0.1) is 5.30 Å². The van der Waals surface area contributed by atoms with Crippen LogP contribution >= 0.6 is 15.8 Å². The third-order valence-corrected chi connectivity index (χ3v) is 14.4. The molecule has 1 atom stereocenters. The van der Waals surface area contributed by atoms with Crippen LogP contribution in [0.15, 0.2) is 109 Å². The van der Waals surface area contributed by atoms with Crippen LogP contribution in [0.3, 0.4) is 0 Å². The van der Waals surface area contributed by atoms with Gasteiger partial charge in [-0.3, -0.25) is 0 Å². The molecule has 0 aromatic heterocycles. The van der Waals surface area contributed by atoms with Gasteiger partial charge in [-0.1, -0.05) is 65.6 Å². The van der Waals surface area contributed by atoms with E-state index in [-0.39, 0.29) is 17.1 Å². The third-order valence-electron chi connectivity index (χ3n) is 9.24. The van der Waals surface area contributed by atoms with E-state index in [1.165, 1.54) is 76.6 Å². The van der Waals surface area contributed by atoms with Crippen molar-refractivity contribution in [1.29, 1.82) is 0 Å². The van der Waals surface area contributed by atoms with Crippen molar-refractivity contribution in [1.82, 2.24) is 0 Å². The summed E-state index contributed by atoms with van der Waals surface area (Å²) in [6.45, 7) is 20.0. The second-order valence-electron chi connectivity index (χ2n) is 13.6. The third kappa shape index (κ3) is 9.33. The molecule has 6 aromatic carbocycles. The Labute approximate surface area is 320 Å². The molecule has 266 valence electrons. The summed E-state index contributed by atoms with van der Waals surface area (Å²) in [7, 11) is 2.02. The van der Waals surface area contributed by atoms with Gasteiger partial charge in [-0.05, 0) is 145 Å². The fourth-order valence-corrected chi connectivity index (χ4v) is 13.5. The fourth-order valence-electron chi connectivity index (χ4n) is 7.40. The van der Waals surface area contributed by atoms with Crippen molar-refractivity contribution < 1.29 is 26.5 Å². The number of ether oxygens (including phenoxy) is 2. The molecule has 0 saturated carbocycles. The zero-order chi connectivity index (χ0) is 36.1. The van der Waals surface area contributed by atoms with E-state index >= 15 is 0 Å². The maximum absolute atomic E-state index is 5.80. The molecular formula is C46H52FeO2P2. The van der Waals surface area contributed by atoms with Crippen LogP contribution in [0.2, 0.25) is 0 Å². The zero-order valence-electron chi connectivity index (χ0n) is 32.0. The molecule has 0 aliphatic carbocycles. The number of methoxy groups -OCH3 is 2. The molecule has 0 aliphatic rings.